The Labute approximate surface area is 204 Å². The molecule has 1 amide bonds. The van der Waals surface area contributed by atoms with E-state index in [4.69, 9.17) is 10.7 Å². The second-order valence-electron chi connectivity index (χ2n) is 9.61. The van der Waals surface area contributed by atoms with Crippen LogP contribution in [0.4, 0.5) is 13.2 Å². The number of aryl methyl sites for hydroxylation is 1. The van der Waals surface area contributed by atoms with Crippen molar-refractivity contribution in [3.05, 3.63) is 76.5 Å². The molecule has 0 saturated heterocycles. The van der Waals surface area contributed by atoms with Crippen LogP contribution in [-0.4, -0.2) is 33.4 Å². The monoisotopic (exact) mass is 486 g/mol. The largest absolute Gasteiger partial charge is 0.327 e. The van der Waals surface area contributed by atoms with Gasteiger partial charge in [0, 0.05) is 29.9 Å². The summed E-state index contributed by atoms with van der Waals surface area (Å²) in [6.07, 6.45) is 0. The van der Waals surface area contributed by atoms with Gasteiger partial charge in [-0.3, -0.25) is 4.79 Å². The first-order valence-electron chi connectivity index (χ1n) is 11.7. The van der Waals surface area contributed by atoms with Crippen LogP contribution in [0.1, 0.15) is 56.3 Å². The Bertz CT molecular complexity index is 1200. The van der Waals surface area contributed by atoms with Crippen molar-refractivity contribution in [1.29, 1.82) is 0 Å². The number of hydrogen-bond donors (Lipinski definition) is 1. The lowest BCUT2D eigenvalue weighted by Gasteiger charge is -2.42. The van der Waals surface area contributed by atoms with Gasteiger partial charge in [0.05, 0.1) is 17.8 Å². The highest BCUT2D eigenvalue weighted by Crippen LogP contribution is 2.39. The molecule has 0 aliphatic carbocycles. The molecule has 5 nitrogen and oxygen atoms in total. The summed E-state index contributed by atoms with van der Waals surface area (Å²) in [4.78, 5) is 18.8. The van der Waals surface area contributed by atoms with E-state index in [-0.39, 0.29) is 35.3 Å². The summed E-state index contributed by atoms with van der Waals surface area (Å²) in [7, 11) is 0. The number of rotatable bonds is 3. The van der Waals surface area contributed by atoms with Crippen LogP contribution in [0, 0.1) is 31.3 Å². The molecule has 0 unspecified atom stereocenters. The smallest absolute Gasteiger partial charge is 0.237 e. The predicted molar refractivity (Wildman–Crippen MR) is 131 cm³/mol. The van der Waals surface area contributed by atoms with Crippen LogP contribution in [0.5, 0.6) is 0 Å². The number of nitrogens with zero attached hydrogens (tertiary/aromatic N) is 3. The van der Waals surface area contributed by atoms with E-state index in [1.165, 1.54) is 31.2 Å². The highest BCUT2D eigenvalue weighted by Gasteiger charge is 2.41. The SMILES string of the molecule is Cc1c(F)ccc(-c2nc3n(c2C(C)C)CCN(C(=O)CN)C3(C)C)c1F.Cc1ccc(F)cc1. The maximum atomic E-state index is 14.8. The maximum absolute atomic E-state index is 14.8. The average molecular weight is 487 g/mol. The van der Waals surface area contributed by atoms with E-state index in [9.17, 15) is 18.0 Å². The van der Waals surface area contributed by atoms with E-state index < -0.39 is 17.2 Å². The third kappa shape index (κ3) is 5.12. The molecule has 4 rings (SSSR count). The fourth-order valence-corrected chi connectivity index (χ4v) is 4.47. The second kappa shape index (κ2) is 10.2. The molecule has 35 heavy (non-hydrogen) atoms. The Morgan fingerprint density at radius 2 is 1.69 bits per heavy atom. The Kier molecular flexibility index (Phi) is 7.74. The Morgan fingerprint density at radius 1 is 1.06 bits per heavy atom. The van der Waals surface area contributed by atoms with Gasteiger partial charge in [-0.1, -0.05) is 31.5 Å². The molecule has 2 heterocycles. The van der Waals surface area contributed by atoms with E-state index >= 15 is 0 Å². The molecule has 2 N–H and O–H groups in total. The van der Waals surface area contributed by atoms with Gasteiger partial charge >= 0.3 is 0 Å². The maximum Gasteiger partial charge on any atom is 0.237 e. The summed E-state index contributed by atoms with van der Waals surface area (Å²) < 4.78 is 42.7. The van der Waals surface area contributed by atoms with Gasteiger partial charge in [0.1, 0.15) is 23.3 Å². The number of halogens is 3. The minimum absolute atomic E-state index is 0.0209. The van der Waals surface area contributed by atoms with Crippen molar-refractivity contribution in [1.82, 2.24) is 14.5 Å². The highest BCUT2D eigenvalue weighted by atomic mass is 19.1. The van der Waals surface area contributed by atoms with Gasteiger partial charge in [-0.2, -0.15) is 0 Å². The summed E-state index contributed by atoms with van der Waals surface area (Å²) in [5.41, 5.74) is 7.64. The lowest BCUT2D eigenvalue weighted by Crippen LogP contribution is -2.53. The molecule has 188 valence electrons. The molecule has 0 fully saturated rings. The quantitative estimate of drug-likeness (QED) is 0.537. The minimum Gasteiger partial charge on any atom is -0.327 e. The molecule has 8 heteroatoms. The fourth-order valence-electron chi connectivity index (χ4n) is 4.47. The third-order valence-corrected chi connectivity index (χ3v) is 6.38. The van der Waals surface area contributed by atoms with Crippen LogP contribution < -0.4 is 5.73 Å². The normalized spacial score (nSPS) is 14.4. The van der Waals surface area contributed by atoms with Crippen LogP contribution in [-0.2, 0) is 16.9 Å². The number of hydrogen-bond acceptors (Lipinski definition) is 3. The summed E-state index contributed by atoms with van der Waals surface area (Å²) in [5, 5.41) is 0. The number of carbonyl (C=O) groups excluding carboxylic acids is 1. The number of aromatic nitrogens is 2. The number of imidazole rings is 1. The molecule has 2 aromatic carbocycles. The molecule has 0 saturated carbocycles. The van der Waals surface area contributed by atoms with Gasteiger partial charge in [-0.05, 0) is 57.9 Å². The average Bonchev–Trinajstić information content (AvgIpc) is 3.20. The predicted octanol–water partition coefficient (Wildman–Crippen LogP) is 5.43. The van der Waals surface area contributed by atoms with E-state index in [1.54, 1.807) is 17.0 Å². The summed E-state index contributed by atoms with van der Waals surface area (Å²) in [5.74, 6) is -0.720. The Hall–Kier alpha value is -3.13. The van der Waals surface area contributed by atoms with Crippen LogP contribution >= 0.6 is 0 Å². The van der Waals surface area contributed by atoms with Crippen LogP contribution in [0.2, 0.25) is 0 Å². The Balaban J connectivity index is 0.000000363. The van der Waals surface area contributed by atoms with Gasteiger partial charge < -0.3 is 15.2 Å². The molecule has 1 aliphatic rings. The fraction of sp³-hybridized carbons (Fsp3) is 0.407. The topological polar surface area (TPSA) is 64.2 Å². The van der Waals surface area contributed by atoms with Crippen molar-refractivity contribution in [2.75, 3.05) is 13.1 Å². The summed E-state index contributed by atoms with van der Waals surface area (Å²) >= 11 is 0. The molecule has 0 radical (unpaired) electrons. The molecular weight excluding hydrogens is 453 g/mol. The summed E-state index contributed by atoms with van der Waals surface area (Å²) in [6, 6.07) is 9.11. The molecule has 1 aliphatic heterocycles. The van der Waals surface area contributed by atoms with Crippen LogP contribution in [0.3, 0.4) is 0 Å². The van der Waals surface area contributed by atoms with Crippen LogP contribution in [0.25, 0.3) is 11.3 Å². The molecule has 0 atom stereocenters. The standard InChI is InChI=1S/C20H26F2N4O.C7H7F/c1-11(2)18-17(13-6-7-14(21)12(3)16(13)22)24-19-20(4,5)26(15(27)10-23)9-8-25(18)19;1-6-2-4-7(8)5-3-6/h6-7,11H,8-10,23H2,1-5H3;2-5H,1H3. The molecule has 0 bridgehead atoms. The molecule has 3 aromatic rings. The van der Waals surface area contributed by atoms with Crippen LogP contribution in [0.15, 0.2) is 36.4 Å². The molecule has 1 aromatic heterocycles. The first-order chi connectivity index (χ1) is 16.4. The molecular formula is C27H33F3N4O. The van der Waals surface area contributed by atoms with Crippen molar-refractivity contribution < 1.29 is 18.0 Å². The van der Waals surface area contributed by atoms with Gasteiger partial charge in [-0.25, -0.2) is 18.2 Å². The van der Waals surface area contributed by atoms with E-state index in [1.807, 2.05) is 34.6 Å². The summed E-state index contributed by atoms with van der Waals surface area (Å²) in [6.45, 7) is 12.2. The number of fused-ring (bicyclic) bond motifs is 1. The van der Waals surface area contributed by atoms with Gasteiger partial charge in [-0.15, -0.1) is 0 Å². The van der Waals surface area contributed by atoms with Crippen molar-refractivity contribution >= 4 is 5.91 Å². The highest BCUT2D eigenvalue weighted by molar-refractivity contribution is 5.79. The van der Waals surface area contributed by atoms with Gasteiger partial charge in [0.25, 0.3) is 0 Å². The first-order valence-corrected chi connectivity index (χ1v) is 11.7. The van der Waals surface area contributed by atoms with E-state index in [2.05, 4.69) is 4.57 Å². The zero-order chi connectivity index (χ0) is 26.1. The van der Waals surface area contributed by atoms with Gasteiger partial charge in [0.2, 0.25) is 5.91 Å². The molecule has 0 spiro atoms. The third-order valence-electron chi connectivity index (χ3n) is 6.38. The number of amides is 1. The van der Waals surface area contributed by atoms with E-state index in [0.717, 1.165) is 11.3 Å². The van der Waals surface area contributed by atoms with E-state index in [0.29, 0.717) is 24.6 Å². The lowest BCUT2D eigenvalue weighted by atomic mass is 9.98. The zero-order valence-electron chi connectivity index (χ0n) is 21.1. The number of nitrogens with two attached hydrogens (primary N) is 1. The lowest BCUT2D eigenvalue weighted by molar-refractivity contribution is -0.137. The van der Waals surface area contributed by atoms with Crippen molar-refractivity contribution in [2.45, 2.75) is 59.5 Å². The van der Waals surface area contributed by atoms with Crippen molar-refractivity contribution in [2.24, 2.45) is 5.73 Å². The first kappa shape index (κ1) is 26.5. The van der Waals surface area contributed by atoms with Crippen molar-refractivity contribution in [3.8, 4) is 11.3 Å². The zero-order valence-corrected chi connectivity index (χ0v) is 21.1. The van der Waals surface area contributed by atoms with Gasteiger partial charge in [0.15, 0.2) is 0 Å². The minimum atomic E-state index is -0.678. The second-order valence-corrected chi connectivity index (χ2v) is 9.61. The van der Waals surface area contributed by atoms with Crippen molar-refractivity contribution in [3.63, 3.8) is 0 Å². The number of benzene rings is 2. The Morgan fingerprint density at radius 3 is 2.23 bits per heavy atom. The number of carbonyl (C=O) groups is 1.